The van der Waals surface area contributed by atoms with Crippen LogP contribution < -0.4 is 10.6 Å². The van der Waals surface area contributed by atoms with Gasteiger partial charge in [0.15, 0.2) is 0 Å². The number of hydrogen-bond acceptors (Lipinski definition) is 6. The molecular formula is C14H20N2O4. The first-order chi connectivity index (χ1) is 9.56. The molecule has 0 amide bonds. The first-order valence-corrected chi connectivity index (χ1v) is 6.52. The zero-order valence-corrected chi connectivity index (χ0v) is 11.8. The standard InChI is InChI=1S/C14H20N2O4/c1-9-5-10(6-12(13(9)15)14(18)19-2)16-3-4-20-11(7-16)8-17/h5-6,11,17H,3-4,7-8,15H2,1-2H3. The average molecular weight is 280 g/mol. The molecule has 0 saturated carbocycles. The lowest BCUT2D eigenvalue weighted by Crippen LogP contribution is -2.44. The van der Waals surface area contributed by atoms with Crippen molar-refractivity contribution in [2.75, 3.05) is 44.0 Å². The van der Waals surface area contributed by atoms with Crippen LogP contribution in [0.1, 0.15) is 15.9 Å². The van der Waals surface area contributed by atoms with E-state index in [4.69, 9.17) is 15.2 Å². The number of benzene rings is 1. The lowest BCUT2D eigenvalue weighted by molar-refractivity contribution is 0.00356. The third kappa shape index (κ3) is 2.86. The van der Waals surface area contributed by atoms with E-state index >= 15 is 0 Å². The monoisotopic (exact) mass is 280 g/mol. The van der Waals surface area contributed by atoms with Gasteiger partial charge in [0, 0.05) is 24.5 Å². The molecule has 1 aliphatic heterocycles. The summed E-state index contributed by atoms with van der Waals surface area (Å²) < 4.78 is 10.2. The van der Waals surface area contributed by atoms with Crippen molar-refractivity contribution >= 4 is 17.3 Å². The maximum atomic E-state index is 11.8. The van der Waals surface area contributed by atoms with Crippen LogP contribution >= 0.6 is 0 Å². The second-order valence-corrected chi connectivity index (χ2v) is 4.84. The van der Waals surface area contributed by atoms with Crippen molar-refractivity contribution in [3.05, 3.63) is 23.3 Å². The van der Waals surface area contributed by atoms with Crippen LogP contribution in [0.2, 0.25) is 0 Å². The number of nitrogen functional groups attached to an aromatic ring is 1. The molecule has 0 radical (unpaired) electrons. The summed E-state index contributed by atoms with van der Waals surface area (Å²) in [6.45, 7) is 3.67. The van der Waals surface area contributed by atoms with Gasteiger partial charge in [-0.1, -0.05) is 0 Å². The van der Waals surface area contributed by atoms with E-state index in [0.29, 0.717) is 30.9 Å². The van der Waals surface area contributed by atoms with E-state index in [1.165, 1.54) is 7.11 Å². The van der Waals surface area contributed by atoms with E-state index in [9.17, 15) is 9.90 Å². The number of rotatable bonds is 3. The zero-order chi connectivity index (χ0) is 14.7. The Morgan fingerprint density at radius 1 is 1.60 bits per heavy atom. The lowest BCUT2D eigenvalue weighted by atomic mass is 10.1. The maximum absolute atomic E-state index is 11.8. The molecule has 110 valence electrons. The number of esters is 1. The number of anilines is 2. The number of aliphatic hydroxyl groups is 1. The molecule has 1 atom stereocenters. The maximum Gasteiger partial charge on any atom is 0.340 e. The number of ether oxygens (including phenoxy) is 2. The second-order valence-electron chi connectivity index (χ2n) is 4.84. The van der Waals surface area contributed by atoms with Gasteiger partial charge in [-0.3, -0.25) is 0 Å². The number of nitrogens with zero attached hydrogens (tertiary/aromatic N) is 1. The smallest absolute Gasteiger partial charge is 0.340 e. The third-order valence-electron chi connectivity index (χ3n) is 3.48. The number of hydrogen-bond donors (Lipinski definition) is 2. The van der Waals surface area contributed by atoms with E-state index in [-0.39, 0.29) is 12.7 Å². The van der Waals surface area contributed by atoms with Crippen LogP contribution in [-0.4, -0.2) is 50.6 Å². The Morgan fingerprint density at radius 2 is 2.35 bits per heavy atom. The molecule has 3 N–H and O–H groups in total. The molecule has 1 saturated heterocycles. The van der Waals surface area contributed by atoms with Crippen LogP contribution in [0.5, 0.6) is 0 Å². The first-order valence-electron chi connectivity index (χ1n) is 6.52. The minimum Gasteiger partial charge on any atom is -0.465 e. The quantitative estimate of drug-likeness (QED) is 0.621. The van der Waals surface area contributed by atoms with E-state index in [1.54, 1.807) is 6.07 Å². The fourth-order valence-corrected chi connectivity index (χ4v) is 2.31. The number of methoxy groups -OCH3 is 1. The fraction of sp³-hybridized carbons (Fsp3) is 0.500. The summed E-state index contributed by atoms with van der Waals surface area (Å²) in [5.74, 6) is -0.445. The van der Waals surface area contributed by atoms with Crippen molar-refractivity contribution in [2.24, 2.45) is 0 Å². The number of nitrogens with two attached hydrogens (primary N) is 1. The molecule has 1 aliphatic rings. The van der Waals surface area contributed by atoms with Gasteiger partial charge in [-0.05, 0) is 24.6 Å². The molecule has 1 aromatic carbocycles. The topological polar surface area (TPSA) is 85.0 Å². The average Bonchev–Trinajstić information content (AvgIpc) is 2.49. The summed E-state index contributed by atoms with van der Waals surface area (Å²) in [5.41, 5.74) is 8.45. The van der Waals surface area contributed by atoms with Gasteiger partial charge >= 0.3 is 5.97 Å². The lowest BCUT2D eigenvalue weighted by Gasteiger charge is -2.34. The molecular weight excluding hydrogens is 260 g/mol. The van der Waals surface area contributed by atoms with Crippen LogP contribution in [0.25, 0.3) is 0 Å². The molecule has 0 aliphatic carbocycles. The third-order valence-corrected chi connectivity index (χ3v) is 3.48. The van der Waals surface area contributed by atoms with Gasteiger partial charge in [0.2, 0.25) is 0 Å². The molecule has 6 heteroatoms. The molecule has 1 fully saturated rings. The fourth-order valence-electron chi connectivity index (χ4n) is 2.31. The van der Waals surface area contributed by atoms with Crippen molar-refractivity contribution in [2.45, 2.75) is 13.0 Å². The van der Waals surface area contributed by atoms with Crippen LogP contribution in [0.4, 0.5) is 11.4 Å². The number of aliphatic hydroxyl groups excluding tert-OH is 1. The van der Waals surface area contributed by atoms with Gasteiger partial charge in [0.1, 0.15) is 0 Å². The highest BCUT2D eigenvalue weighted by Gasteiger charge is 2.22. The van der Waals surface area contributed by atoms with Gasteiger partial charge in [-0.15, -0.1) is 0 Å². The number of carbonyl (C=O) groups is 1. The van der Waals surface area contributed by atoms with Crippen molar-refractivity contribution in [3.8, 4) is 0 Å². The van der Waals surface area contributed by atoms with E-state index in [2.05, 4.69) is 4.90 Å². The van der Waals surface area contributed by atoms with E-state index in [0.717, 1.165) is 11.3 Å². The zero-order valence-electron chi connectivity index (χ0n) is 11.8. The molecule has 6 nitrogen and oxygen atoms in total. The Morgan fingerprint density at radius 3 is 3.00 bits per heavy atom. The summed E-state index contributed by atoms with van der Waals surface area (Å²) in [5, 5.41) is 9.19. The molecule has 1 aromatic rings. The van der Waals surface area contributed by atoms with Gasteiger partial charge in [-0.25, -0.2) is 4.79 Å². The van der Waals surface area contributed by atoms with Crippen molar-refractivity contribution in [1.29, 1.82) is 0 Å². The summed E-state index contributed by atoms with van der Waals surface area (Å²) in [4.78, 5) is 13.8. The Hall–Kier alpha value is -1.79. The summed E-state index contributed by atoms with van der Waals surface area (Å²) in [6, 6.07) is 3.66. The highest BCUT2D eigenvalue weighted by molar-refractivity contribution is 5.97. The Balaban J connectivity index is 2.32. The molecule has 1 unspecified atom stereocenters. The van der Waals surface area contributed by atoms with Gasteiger partial charge in [-0.2, -0.15) is 0 Å². The predicted molar refractivity (Wildman–Crippen MR) is 76.0 cm³/mol. The van der Waals surface area contributed by atoms with E-state index < -0.39 is 5.97 Å². The Bertz CT molecular complexity index is 504. The second kappa shape index (κ2) is 6.11. The molecule has 0 aromatic heterocycles. The largest absolute Gasteiger partial charge is 0.465 e. The summed E-state index contributed by atoms with van der Waals surface area (Å²) >= 11 is 0. The normalized spacial score (nSPS) is 18.9. The van der Waals surface area contributed by atoms with Crippen molar-refractivity contribution < 1.29 is 19.4 Å². The molecule has 2 rings (SSSR count). The van der Waals surface area contributed by atoms with Crippen LogP contribution in [0.3, 0.4) is 0 Å². The molecule has 20 heavy (non-hydrogen) atoms. The summed E-state index contributed by atoms with van der Waals surface area (Å²) in [6.07, 6.45) is -0.205. The van der Waals surface area contributed by atoms with Crippen LogP contribution in [0, 0.1) is 6.92 Å². The number of carbonyl (C=O) groups excluding carboxylic acids is 1. The van der Waals surface area contributed by atoms with Crippen molar-refractivity contribution in [1.82, 2.24) is 0 Å². The molecule has 0 bridgehead atoms. The summed E-state index contributed by atoms with van der Waals surface area (Å²) in [7, 11) is 1.33. The molecule has 0 spiro atoms. The number of morpholine rings is 1. The Kier molecular flexibility index (Phi) is 4.46. The van der Waals surface area contributed by atoms with Gasteiger partial charge in [0.05, 0.1) is 32.0 Å². The van der Waals surface area contributed by atoms with Gasteiger partial charge < -0.3 is 25.2 Å². The SMILES string of the molecule is COC(=O)c1cc(N2CCOC(CO)C2)cc(C)c1N. The van der Waals surface area contributed by atoms with E-state index in [1.807, 2.05) is 13.0 Å². The van der Waals surface area contributed by atoms with Crippen LogP contribution in [-0.2, 0) is 9.47 Å². The minimum absolute atomic E-state index is 0.0195. The first kappa shape index (κ1) is 14.6. The van der Waals surface area contributed by atoms with Crippen molar-refractivity contribution in [3.63, 3.8) is 0 Å². The molecule has 1 heterocycles. The minimum atomic E-state index is -0.445. The number of aryl methyl sites for hydroxylation is 1. The highest BCUT2D eigenvalue weighted by Crippen LogP contribution is 2.27. The van der Waals surface area contributed by atoms with Crippen LogP contribution in [0.15, 0.2) is 12.1 Å². The highest BCUT2D eigenvalue weighted by atomic mass is 16.5. The predicted octanol–water partition coefficient (Wildman–Crippen LogP) is 0.561. The van der Waals surface area contributed by atoms with Gasteiger partial charge in [0.25, 0.3) is 0 Å². The Labute approximate surface area is 118 Å².